The third kappa shape index (κ3) is 4.62. The number of carbonyl (C=O) groups excluding carboxylic acids is 1. The molecule has 1 aliphatic heterocycles. The summed E-state index contributed by atoms with van der Waals surface area (Å²) in [5, 5.41) is 4.42. The average Bonchev–Trinajstić information content (AvgIpc) is 2.81. The van der Waals surface area contributed by atoms with Gasteiger partial charge in [-0.25, -0.2) is 0 Å². The lowest BCUT2D eigenvalue weighted by Gasteiger charge is -2.36. The van der Waals surface area contributed by atoms with Crippen LogP contribution < -0.4 is 15.2 Å². The van der Waals surface area contributed by atoms with Crippen LogP contribution in [-0.4, -0.2) is 53.4 Å². The largest absolute Gasteiger partial charge is 0.484 e. The van der Waals surface area contributed by atoms with E-state index in [0.29, 0.717) is 37.6 Å². The molecular formula is C24H25ClN4O3. The first-order chi connectivity index (χ1) is 15.4. The average molecular weight is 453 g/mol. The fourth-order valence-corrected chi connectivity index (χ4v) is 4.03. The van der Waals surface area contributed by atoms with Crippen LogP contribution in [0.3, 0.4) is 0 Å². The maximum atomic E-state index is 12.7. The van der Waals surface area contributed by atoms with Crippen LogP contribution in [0, 0.1) is 13.8 Å². The minimum absolute atomic E-state index is 0.000661. The number of benzene rings is 2. The van der Waals surface area contributed by atoms with Crippen molar-refractivity contribution in [3.63, 3.8) is 0 Å². The molecule has 0 spiro atoms. The zero-order valence-corrected chi connectivity index (χ0v) is 18.9. The SMILES string of the molecule is Cc1ccc(OCC(=O)N2CCN(c3cnn(-c4ccccc4)c(=O)c3Cl)CC2)c(C)c1. The van der Waals surface area contributed by atoms with Crippen molar-refractivity contribution in [2.24, 2.45) is 0 Å². The third-order valence-electron chi connectivity index (χ3n) is 5.56. The van der Waals surface area contributed by atoms with E-state index >= 15 is 0 Å². The predicted molar refractivity (Wildman–Crippen MR) is 125 cm³/mol. The summed E-state index contributed by atoms with van der Waals surface area (Å²) in [5.41, 5.74) is 3.04. The second kappa shape index (κ2) is 9.44. The number of halogens is 1. The van der Waals surface area contributed by atoms with E-state index < -0.39 is 0 Å². The summed E-state index contributed by atoms with van der Waals surface area (Å²) in [5.74, 6) is 0.660. The van der Waals surface area contributed by atoms with E-state index in [2.05, 4.69) is 5.10 Å². The van der Waals surface area contributed by atoms with Gasteiger partial charge >= 0.3 is 0 Å². The highest BCUT2D eigenvalue weighted by Gasteiger charge is 2.24. The zero-order chi connectivity index (χ0) is 22.7. The molecule has 0 saturated carbocycles. The molecular weight excluding hydrogens is 428 g/mol. The predicted octanol–water partition coefficient (Wildman–Crippen LogP) is 3.23. The first-order valence-electron chi connectivity index (χ1n) is 10.5. The molecule has 8 heteroatoms. The molecule has 0 N–H and O–H groups in total. The van der Waals surface area contributed by atoms with E-state index in [1.165, 1.54) is 4.68 Å². The van der Waals surface area contributed by atoms with E-state index in [1.807, 2.05) is 55.1 Å². The van der Waals surface area contributed by atoms with Crippen LogP contribution in [0.25, 0.3) is 5.69 Å². The van der Waals surface area contributed by atoms with Gasteiger partial charge in [-0.2, -0.15) is 9.78 Å². The van der Waals surface area contributed by atoms with Crippen molar-refractivity contribution in [3.05, 3.63) is 81.2 Å². The lowest BCUT2D eigenvalue weighted by Crippen LogP contribution is -2.50. The van der Waals surface area contributed by atoms with Crippen molar-refractivity contribution in [2.75, 3.05) is 37.7 Å². The minimum atomic E-state index is -0.365. The maximum Gasteiger partial charge on any atom is 0.292 e. The lowest BCUT2D eigenvalue weighted by atomic mass is 10.1. The molecule has 7 nitrogen and oxygen atoms in total. The second-order valence-electron chi connectivity index (χ2n) is 7.82. The smallest absolute Gasteiger partial charge is 0.292 e. The normalized spacial score (nSPS) is 13.8. The summed E-state index contributed by atoms with van der Waals surface area (Å²) in [6.45, 7) is 6.15. The topological polar surface area (TPSA) is 67.7 Å². The number of piperazine rings is 1. The molecule has 166 valence electrons. The van der Waals surface area contributed by atoms with E-state index in [4.69, 9.17) is 16.3 Å². The van der Waals surface area contributed by atoms with Gasteiger partial charge in [0.15, 0.2) is 6.61 Å². The van der Waals surface area contributed by atoms with Gasteiger partial charge in [-0.05, 0) is 37.6 Å². The Balaban J connectivity index is 1.37. The number of anilines is 1. The van der Waals surface area contributed by atoms with Gasteiger partial charge in [0.1, 0.15) is 10.8 Å². The monoisotopic (exact) mass is 452 g/mol. The van der Waals surface area contributed by atoms with Crippen LogP contribution in [0.5, 0.6) is 5.75 Å². The van der Waals surface area contributed by atoms with Gasteiger partial charge in [0.2, 0.25) is 0 Å². The number of rotatable bonds is 5. The van der Waals surface area contributed by atoms with E-state index in [1.54, 1.807) is 23.2 Å². The maximum absolute atomic E-state index is 12.7. The molecule has 32 heavy (non-hydrogen) atoms. The molecule has 2 heterocycles. The molecule has 1 amide bonds. The standard InChI is InChI=1S/C24H25ClN4O3/c1-17-8-9-21(18(2)14-17)32-16-22(30)28-12-10-27(11-13-28)20-15-26-29(24(31)23(20)25)19-6-4-3-5-7-19/h3-9,14-15H,10-13,16H2,1-2H3. The Kier molecular flexibility index (Phi) is 6.46. The van der Waals surface area contributed by atoms with Gasteiger partial charge < -0.3 is 14.5 Å². The van der Waals surface area contributed by atoms with Crippen LogP contribution in [0.1, 0.15) is 11.1 Å². The summed E-state index contributed by atoms with van der Waals surface area (Å²) in [4.78, 5) is 29.1. The van der Waals surface area contributed by atoms with E-state index in [9.17, 15) is 9.59 Å². The summed E-state index contributed by atoms with van der Waals surface area (Å²) in [7, 11) is 0. The number of aromatic nitrogens is 2. The molecule has 1 saturated heterocycles. The lowest BCUT2D eigenvalue weighted by molar-refractivity contribution is -0.133. The Bertz CT molecular complexity index is 1170. The molecule has 1 aliphatic rings. The van der Waals surface area contributed by atoms with E-state index in [-0.39, 0.29) is 23.1 Å². The van der Waals surface area contributed by atoms with E-state index in [0.717, 1.165) is 16.9 Å². The fourth-order valence-electron chi connectivity index (χ4n) is 3.79. The van der Waals surface area contributed by atoms with Gasteiger partial charge in [-0.1, -0.05) is 47.5 Å². The Morgan fingerprint density at radius 3 is 2.47 bits per heavy atom. The molecule has 2 aromatic carbocycles. The molecule has 0 atom stereocenters. The number of nitrogens with zero attached hydrogens (tertiary/aromatic N) is 4. The number of para-hydroxylation sites is 1. The zero-order valence-electron chi connectivity index (χ0n) is 18.1. The number of carbonyl (C=O) groups is 1. The highest BCUT2D eigenvalue weighted by molar-refractivity contribution is 6.33. The molecule has 3 aromatic rings. The summed E-state index contributed by atoms with van der Waals surface area (Å²) in [6.07, 6.45) is 1.61. The van der Waals surface area contributed by atoms with Crippen molar-refractivity contribution in [1.29, 1.82) is 0 Å². The summed E-state index contributed by atoms with van der Waals surface area (Å²) >= 11 is 6.41. The van der Waals surface area contributed by atoms with Crippen molar-refractivity contribution < 1.29 is 9.53 Å². The van der Waals surface area contributed by atoms with Crippen LogP contribution in [0.4, 0.5) is 5.69 Å². The van der Waals surface area contributed by atoms with Crippen molar-refractivity contribution in [3.8, 4) is 11.4 Å². The van der Waals surface area contributed by atoms with Crippen LogP contribution >= 0.6 is 11.6 Å². The van der Waals surface area contributed by atoms with Crippen LogP contribution in [-0.2, 0) is 4.79 Å². The summed E-state index contributed by atoms with van der Waals surface area (Å²) < 4.78 is 7.02. The van der Waals surface area contributed by atoms with Gasteiger partial charge in [0.05, 0.1) is 17.6 Å². The van der Waals surface area contributed by atoms with Gasteiger partial charge in [0.25, 0.3) is 11.5 Å². The third-order valence-corrected chi connectivity index (χ3v) is 5.91. The van der Waals surface area contributed by atoms with Gasteiger partial charge in [-0.3, -0.25) is 9.59 Å². The number of ether oxygens (including phenoxy) is 1. The van der Waals surface area contributed by atoms with Crippen LogP contribution in [0.2, 0.25) is 5.02 Å². The van der Waals surface area contributed by atoms with Crippen molar-refractivity contribution >= 4 is 23.2 Å². The molecule has 1 fully saturated rings. The second-order valence-corrected chi connectivity index (χ2v) is 8.20. The molecule has 4 rings (SSSR count). The van der Waals surface area contributed by atoms with Gasteiger partial charge in [0, 0.05) is 26.2 Å². The van der Waals surface area contributed by atoms with Crippen molar-refractivity contribution in [1.82, 2.24) is 14.7 Å². The summed E-state index contributed by atoms with van der Waals surface area (Å²) in [6, 6.07) is 15.0. The first kappa shape index (κ1) is 21.9. The fraction of sp³-hybridized carbons (Fsp3) is 0.292. The van der Waals surface area contributed by atoms with Gasteiger partial charge in [-0.15, -0.1) is 0 Å². The number of amides is 1. The highest BCUT2D eigenvalue weighted by Crippen LogP contribution is 2.23. The number of hydrogen-bond donors (Lipinski definition) is 0. The highest BCUT2D eigenvalue weighted by atomic mass is 35.5. The number of aryl methyl sites for hydroxylation is 2. The molecule has 1 aromatic heterocycles. The molecule has 0 radical (unpaired) electrons. The first-order valence-corrected chi connectivity index (χ1v) is 10.9. The minimum Gasteiger partial charge on any atom is -0.484 e. The number of hydrogen-bond acceptors (Lipinski definition) is 5. The molecule has 0 aliphatic carbocycles. The van der Waals surface area contributed by atoms with Crippen LogP contribution in [0.15, 0.2) is 59.5 Å². The Hall–Kier alpha value is -3.32. The quantitative estimate of drug-likeness (QED) is 0.594. The molecule has 0 bridgehead atoms. The Morgan fingerprint density at radius 1 is 1.06 bits per heavy atom. The molecule has 0 unspecified atom stereocenters. The van der Waals surface area contributed by atoms with Crippen molar-refractivity contribution in [2.45, 2.75) is 13.8 Å². The Labute approximate surface area is 191 Å². The Morgan fingerprint density at radius 2 is 1.78 bits per heavy atom.